The Kier molecular flexibility index (Phi) is 1.97. The van der Waals surface area contributed by atoms with Crippen LogP contribution in [0.4, 0.5) is 5.82 Å². The molecule has 2 aromatic rings. The molecule has 3 heterocycles. The number of hydrogen-bond acceptors (Lipinski definition) is 5. The molecule has 1 N–H and O–H groups in total. The number of fused-ring (bicyclic) bond motifs is 1. The molecule has 3 rings (SSSR count). The van der Waals surface area contributed by atoms with Crippen LogP contribution in [0.5, 0.6) is 0 Å². The summed E-state index contributed by atoms with van der Waals surface area (Å²) in [5.74, 6) is 0.862. The number of nitrogens with one attached hydrogen (secondary N) is 1. The summed E-state index contributed by atoms with van der Waals surface area (Å²) >= 11 is 0. The molecule has 0 amide bonds. The summed E-state index contributed by atoms with van der Waals surface area (Å²) in [7, 11) is 0. The van der Waals surface area contributed by atoms with Crippen LogP contribution in [-0.2, 0) is 0 Å². The van der Waals surface area contributed by atoms with Crippen molar-refractivity contribution >= 4 is 16.9 Å². The van der Waals surface area contributed by atoms with Crippen LogP contribution in [0.2, 0.25) is 0 Å². The van der Waals surface area contributed by atoms with Gasteiger partial charge in [-0.2, -0.15) is 20.5 Å². The highest BCUT2D eigenvalue weighted by atomic mass is 15.4. The molecule has 0 atom stereocenters. The van der Waals surface area contributed by atoms with Crippen LogP contribution in [0, 0.1) is 0 Å². The number of H-pyrrole nitrogens is 1. The lowest BCUT2D eigenvalue weighted by molar-refractivity contribution is 0.572. The average molecular weight is 204 g/mol. The normalized spacial score (nSPS) is 17.2. The van der Waals surface area contributed by atoms with E-state index >= 15 is 0 Å². The standard InChI is InChI=1S/C9H12N6/c1-2-4-15(5-3-1)9-8-7(6-10-13-9)11-14-12-8/h6H,1-5H2,(H,11,12,14). The van der Waals surface area contributed by atoms with E-state index in [0.717, 1.165) is 29.9 Å². The molecular formula is C9H12N6. The van der Waals surface area contributed by atoms with Crippen LogP contribution in [-0.4, -0.2) is 38.7 Å². The van der Waals surface area contributed by atoms with Gasteiger partial charge in [-0.1, -0.05) is 0 Å². The Labute approximate surface area is 86.7 Å². The molecule has 1 aliphatic rings. The quantitative estimate of drug-likeness (QED) is 0.741. The van der Waals surface area contributed by atoms with E-state index in [-0.39, 0.29) is 0 Å². The van der Waals surface area contributed by atoms with Gasteiger partial charge >= 0.3 is 0 Å². The maximum absolute atomic E-state index is 4.16. The number of hydrogen-bond donors (Lipinski definition) is 1. The van der Waals surface area contributed by atoms with Gasteiger partial charge in [0.15, 0.2) is 11.3 Å². The van der Waals surface area contributed by atoms with E-state index in [0.29, 0.717) is 0 Å². The van der Waals surface area contributed by atoms with Gasteiger partial charge in [-0.3, -0.25) is 0 Å². The van der Waals surface area contributed by atoms with Gasteiger partial charge in [0.05, 0.1) is 6.20 Å². The molecule has 0 bridgehead atoms. The predicted molar refractivity (Wildman–Crippen MR) is 55.5 cm³/mol. The smallest absolute Gasteiger partial charge is 0.181 e. The molecule has 1 saturated heterocycles. The van der Waals surface area contributed by atoms with Gasteiger partial charge in [0, 0.05) is 13.1 Å². The average Bonchev–Trinajstić information content (AvgIpc) is 2.78. The van der Waals surface area contributed by atoms with Crippen molar-refractivity contribution in [3.8, 4) is 0 Å². The largest absolute Gasteiger partial charge is 0.353 e. The molecule has 0 unspecified atom stereocenters. The molecule has 0 aliphatic carbocycles. The molecule has 1 aliphatic heterocycles. The van der Waals surface area contributed by atoms with Gasteiger partial charge in [0.1, 0.15) is 5.52 Å². The van der Waals surface area contributed by atoms with Gasteiger partial charge < -0.3 is 4.90 Å². The third kappa shape index (κ3) is 1.42. The summed E-state index contributed by atoms with van der Waals surface area (Å²) in [5, 5.41) is 18.8. The third-order valence-corrected chi connectivity index (χ3v) is 2.77. The highest BCUT2D eigenvalue weighted by Gasteiger charge is 2.17. The molecule has 6 nitrogen and oxygen atoms in total. The summed E-state index contributed by atoms with van der Waals surface area (Å²) in [5.41, 5.74) is 1.61. The first kappa shape index (κ1) is 8.58. The molecule has 15 heavy (non-hydrogen) atoms. The van der Waals surface area contributed by atoms with E-state index < -0.39 is 0 Å². The van der Waals surface area contributed by atoms with Crippen molar-refractivity contribution < 1.29 is 0 Å². The van der Waals surface area contributed by atoms with Gasteiger partial charge in [-0.25, -0.2) is 0 Å². The molecule has 0 saturated carbocycles. The highest BCUT2D eigenvalue weighted by molar-refractivity contribution is 5.84. The van der Waals surface area contributed by atoms with Crippen LogP contribution in [0.25, 0.3) is 11.0 Å². The van der Waals surface area contributed by atoms with Gasteiger partial charge in [-0.15, -0.1) is 5.10 Å². The molecule has 6 heteroatoms. The van der Waals surface area contributed by atoms with Gasteiger partial charge in [-0.05, 0) is 19.3 Å². The molecule has 0 radical (unpaired) electrons. The van der Waals surface area contributed by atoms with E-state index in [1.165, 1.54) is 19.3 Å². The second-order valence-electron chi connectivity index (χ2n) is 3.77. The monoisotopic (exact) mass is 204 g/mol. The zero-order valence-electron chi connectivity index (χ0n) is 8.35. The fraction of sp³-hybridized carbons (Fsp3) is 0.556. The highest BCUT2D eigenvalue weighted by Crippen LogP contribution is 2.22. The first-order chi connectivity index (χ1) is 7.45. The lowest BCUT2D eigenvalue weighted by Crippen LogP contribution is -2.30. The van der Waals surface area contributed by atoms with E-state index in [4.69, 9.17) is 0 Å². The van der Waals surface area contributed by atoms with E-state index in [2.05, 4.69) is 30.5 Å². The van der Waals surface area contributed by atoms with Crippen LogP contribution in [0.3, 0.4) is 0 Å². The Morgan fingerprint density at radius 1 is 1.13 bits per heavy atom. The topological polar surface area (TPSA) is 70.6 Å². The Hall–Kier alpha value is -1.72. The van der Waals surface area contributed by atoms with E-state index in [1.54, 1.807) is 6.20 Å². The molecule has 78 valence electrons. The minimum Gasteiger partial charge on any atom is -0.353 e. The minimum absolute atomic E-state index is 0.783. The van der Waals surface area contributed by atoms with Crippen LogP contribution >= 0.6 is 0 Å². The molecular weight excluding hydrogens is 192 g/mol. The molecule has 2 aromatic heterocycles. The van der Waals surface area contributed by atoms with E-state index in [1.807, 2.05) is 0 Å². The van der Waals surface area contributed by atoms with Crippen LogP contribution < -0.4 is 4.90 Å². The maximum atomic E-state index is 4.16. The van der Waals surface area contributed by atoms with Crippen molar-refractivity contribution in [2.24, 2.45) is 0 Å². The van der Waals surface area contributed by atoms with Gasteiger partial charge in [0.2, 0.25) is 0 Å². The lowest BCUT2D eigenvalue weighted by Gasteiger charge is -2.26. The number of aromatic amines is 1. The lowest BCUT2D eigenvalue weighted by atomic mass is 10.1. The molecule has 1 fully saturated rings. The zero-order valence-corrected chi connectivity index (χ0v) is 8.35. The van der Waals surface area contributed by atoms with E-state index in [9.17, 15) is 0 Å². The summed E-state index contributed by atoms with van der Waals surface area (Å²) in [4.78, 5) is 2.24. The van der Waals surface area contributed by atoms with Crippen molar-refractivity contribution in [1.29, 1.82) is 0 Å². The second kappa shape index (κ2) is 3.45. The maximum Gasteiger partial charge on any atom is 0.181 e. The summed E-state index contributed by atoms with van der Waals surface area (Å²) in [6.45, 7) is 2.08. The zero-order chi connectivity index (χ0) is 10.1. The Morgan fingerprint density at radius 2 is 2.00 bits per heavy atom. The van der Waals surface area contributed by atoms with Gasteiger partial charge in [0.25, 0.3) is 0 Å². The van der Waals surface area contributed by atoms with Crippen molar-refractivity contribution in [2.45, 2.75) is 19.3 Å². The van der Waals surface area contributed by atoms with Crippen molar-refractivity contribution in [1.82, 2.24) is 25.6 Å². The van der Waals surface area contributed by atoms with Crippen LogP contribution in [0.1, 0.15) is 19.3 Å². The van der Waals surface area contributed by atoms with Crippen molar-refractivity contribution in [3.63, 3.8) is 0 Å². The summed E-state index contributed by atoms with van der Waals surface area (Å²) in [6, 6.07) is 0. The number of piperidine rings is 1. The van der Waals surface area contributed by atoms with Crippen molar-refractivity contribution in [3.05, 3.63) is 6.20 Å². The molecule has 0 spiro atoms. The Bertz CT molecular complexity index is 458. The second-order valence-corrected chi connectivity index (χ2v) is 3.77. The first-order valence-corrected chi connectivity index (χ1v) is 5.22. The Morgan fingerprint density at radius 3 is 2.87 bits per heavy atom. The SMILES string of the molecule is c1nnc(N2CCCCC2)c2n[nH]nc12. The number of rotatable bonds is 1. The molecule has 0 aromatic carbocycles. The fourth-order valence-corrected chi connectivity index (χ4v) is 2.00. The fourth-order valence-electron chi connectivity index (χ4n) is 2.00. The third-order valence-electron chi connectivity index (χ3n) is 2.77. The number of anilines is 1. The Balaban J connectivity index is 2.05. The number of nitrogens with zero attached hydrogens (tertiary/aromatic N) is 5. The summed E-state index contributed by atoms with van der Waals surface area (Å²) in [6.07, 6.45) is 5.37. The predicted octanol–water partition coefficient (Wildman–Crippen LogP) is 0.738. The minimum atomic E-state index is 0.783. The van der Waals surface area contributed by atoms with Crippen LogP contribution in [0.15, 0.2) is 6.20 Å². The summed E-state index contributed by atoms with van der Waals surface area (Å²) < 4.78 is 0. The number of aromatic nitrogens is 5. The first-order valence-electron chi connectivity index (χ1n) is 5.22. The van der Waals surface area contributed by atoms with Crippen molar-refractivity contribution in [2.75, 3.05) is 18.0 Å².